The van der Waals surface area contributed by atoms with Crippen molar-refractivity contribution in [3.8, 4) is 0 Å². The van der Waals surface area contributed by atoms with Crippen molar-refractivity contribution in [3.63, 3.8) is 0 Å². The summed E-state index contributed by atoms with van der Waals surface area (Å²) in [5.74, 6) is 0. The molecule has 0 aliphatic carbocycles. The molecule has 1 heterocycles. The molecule has 0 unspecified atom stereocenters. The molecule has 0 spiro atoms. The van der Waals surface area contributed by atoms with Crippen molar-refractivity contribution < 1.29 is 0 Å². The Morgan fingerprint density at radius 3 is 2.39 bits per heavy atom. The minimum absolute atomic E-state index is 1.07. The fourth-order valence-corrected chi connectivity index (χ4v) is 2.52. The molecule has 90 valence electrons. The third-order valence-corrected chi connectivity index (χ3v) is 3.79. The number of anilines is 2. The predicted molar refractivity (Wildman–Crippen MR) is 83.4 cm³/mol. The molecule has 0 fully saturated rings. The van der Waals surface area contributed by atoms with Crippen LogP contribution >= 0.6 is 31.9 Å². The van der Waals surface area contributed by atoms with E-state index in [9.17, 15) is 0 Å². The van der Waals surface area contributed by atoms with Gasteiger partial charge in [-0.15, -0.1) is 0 Å². The van der Waals surface area contributed by atoms with E-state index in [2.05, 4.69) is 54.3 Å². The van der Waals surface area contributed by atoms with Crippen LogP contribution in [0.25, 0.3) is 10.9 Å². The lowest BCUT2D eigenvalue weighted by molar-refractivity contribution is 1.46. The molecule has 0 saturated carbocycles. The maximum absolute atomic E-state index is 3.47. The summed E-state index contributed by atoms with van der Waals surface area (Å²) >= 11 is 6.90. The average Bonchev–Trinajstić information content (AvgIpc) is 2.74. The van der Waals surface area contributed by atoms with E-state index in [1.165, 1.54) is 5.39 Å². The Balaban J connectivity index is 1.97. The lowest BCUT2D eigenvalue weighted by Gasteiger charge is -2.04. The molecule has 2 nitrogen and oxygen atoms in total. The number of halogens is 2. The van der Waals surface area contributed by atoms with E-state index >= 15 is 0 Å². The summed E-state index contributed by atoms with van der Waals surface area (Å²) in [6.07, 6.45) is 1.99. The molecule has 18 heavy (non-hydrogen) atoms. The molecular weight excluding hydrogens is 356 g/mol. The number of hydrogen-bond acceptors (Lipinski definition) is 1. The highest BCUT2D eigenvalue weighted by Crippen LogP contribution is 2.28. The molecule has 0 atom stereocenters. The topological polar surface area (TPSA) is 27.8 Å². The number of hydrogen-bond donors (Lipinski definition) is 2. The van der Waals surface area contributed by atoms with Crippen molar-refractivity contribution in [2.45, 2.75) is 0 Å². The van der Waals surface area contributed by atoms with Crippen LogP contribution in [0.1, 0.15) is 0 Å². The maximum Gasteiger partial charge on any atom is 0.0641 e. The standard InChI is InChI=1S/C14H10Br2N2/c15-9-1-4-11(5-2-9)18-14-8-17-13-7-10(16)3-6-12(13)14/h1-8,17-18H. The van der Waals surface area contributed by atoms with Gasteiger partial charge < -0.3 is 10.3 Å². The molecule has 0 amide bonds. The van der Waals surface area contributed by atoms with Crippen molar-refractivity contribution >= 4 is 54.1 Å². The van der Waals surface area contributed by atoms with Crippen molar-refractivity contribution in [2.75, 3.05) is 5.32 Å². The van der Waals surface area contributed by atoms with E-state index in [4.69, 9.17) is 0 Å². The Morgan fingerprint density at radius 2 is 1.61 bits per heavy atom. The first-order valence-corrected chi connectivity index (χ1v) is 7.10. The molecule has 0 saturated heterocycles. The second-order valence-corrected chi connectivity index (χ2v) is 5.86. The minimum atomic E-state index is 1.07. The summed E-state index contributed by atoms with van der Waals surface area (Å²) in [6.45, 7) is 0. The zero-order valence-electron chi connectivity index (χ0n) is 9.37. The minimum Gasteiger partial charge on any atom is -0.359 e. The van der Waals surface area contributed by atoms with Gasteiger partial charge in [0.05, 0.1) is 5.69 Å². The summed E-state index contributed by atoms with van der Waals surface area (Å²) in [7, 11) is 0. The zero-order chi connectivity index (χ0) is 12.5. The first-order valence-electron chi connectivity index (χ1n) is 5.51. The quantitative estimate of drug-likeness (QED) is 0.622. The third-order valence-electron chi connectivity index (χ3n) is 2.77. The van der Waals surface area contributed by atoms with Crippen LogP contribution in [0.15, 0.2) is 57.6 Å². The zero-order valence-corrected chi connectivity index (χ0v) is 12.5. The lowest BCUT2D eigenvalue weighted by Crippen LogP contribution is -1.87. The van der Waals surface area contributed by atoms with Crippen molar-refractivity contribution in [2.24, 2.45) is 0 Å². The summed E-state index contributed by atoms with van der Waals surface area (Å²) < 4.78 is 2.16. The van der Waals surface area contributed by atoms with Gasteiger partial charge in [0.15, 0.2) is 0 Å². The van der Waals surface area contributed by atoms with Gasteiger partial charge in [-0.25, -0.2) is 0 Å². The highest BCUT2D eigenvalue weighted by atomic mass is 79.9. The predicted octanol–water partition coefficient (Wildman–Crippen LogP) is 5.44. The number of benzene rings is 2. The molecule has 0 radical (unpaired) electrons. The van der Waals surface area contributed by atoms with E-state index in [1.54, 1.807) is 0 Å². The van der Waals surface area contributed by atoms with E-state index in [1.807, 2.05) is 36.5 Å². The van der Waals surface area contributed by atoms with E-state index < -0.39 is 0 Å². The fourth-order valence-electron chi connectivity index (χ4n) is 1.89. The van der Waals surface area contributed by atoms with E-state index in [0.29, 0.717) is 0 Å². The summed E-state index contributed by atoms with van der Waals surface area (Å²) in [4.78, 5) is 3.26. The van der Waals surface area contributed by atoms with Crippen LogP contribution in [-0.4, -0.2) is 4.98 Å². The Labute approximate surface area is 122 Å². The van der Waals surface area contributed by atoms with Crippen molar-refractivity contribution in [1.82, 2.24) is 4.98 Å². The number of rotatable bonds is 2. The van der Waals surface area contributed by atoms with Crippen LogP contribution in [0.2, 0.25) is 0 Å². The Kier molecular flexibility index (Phi) is 3.14. The highest BCUT2D eigenvalue weighted by Gasteiger charge is 2.04. The number of fused-ring (bicyclic) bond motifs is 1. The number of aromatic amines is 1. The molecule has 3 rings (SSSR count). The molecular formula is C14H10Br2N2. The van der Waals surface area contributed by atoms with Gasteiger partial charge in [0, 0.05) is 31.7 Å². The normalized spacial score (nSPS) is 10.8. The van der Waals surface area contributed by atoms with Gasteiger partial charge in [0.2, 0.25) is 0 Å². The molecule has 0 bridgehead atoms. The van der Waals surface area contributed by atoms with Gasteiger partial charge in [-0.05, 0) is 42.5 Å². The van der Waals surface area contributed by atoms with Crippen LogP contribution in [-0.2, 0) is 0 Å². The average molecular weight is 366 g/mol. The van der Waals surface area contributed by atoms with Crippen LogP contribution in [0, 0.1) is 0 Å². The van der Waals surface area contributed by atoms with E-state index in [-0.39, 0.29) is 0 Å². The van der Waals surface area contributed by atoms with Gasteiger partial charge in [0.25, 0.3) is 0 Å². The van der Waals surface area contributed by atoms with Crippen molar-refractivity contribution in [3.05, 3.63) is 57.6 Å². The van der Waals surface area contributed by atoms with Crippen LogP contribution in [0.4, 0.5) is 11.4 Å². The van der Waals surface area contributed by atoms with Gasteiger partial charge in [-0.2, -0.15) is 0 Å². The fraction of sp³-hybridized carbons (Fsp3) is 0. The SMILES string of the molecule is Brc1ccc(Nc2c[nH]c3cc(Br)ccc23)cc1. The third kappa shape index (κ3) is 2.31. The highest BCUT2D eigenvalue weighted by molar-refractivity contribution is 9.10. The number of H-pyrrole nitrogens is 1. The largest absolute Gasteiger partial charge is 0.359 e. The second-order valence-electron chi connectivity index (χ2n) is 4.02. The van der Waals surface area contributed by atoms with Crippen LogP contribution < -0.4 is 5.32 Å². The van der Waals surface area contributed by atoms with Gasteiger partial charge >= 0.3 is 0 Å². The Bertz CT molecular complexity index is 687. The maximum atomic E-state index is 3.47. The summed E-state index contributed by atoms with van der Waals surface area (Å²) in [5, 5.41) is 4.59. The van der Waals surface area contributed by atoms with Crippen molar-refractivity contribution in [1.29, 1.82) is 0 Å². The Morgan fingerprint density at radius 1 is 0.889 bits per heavy atom. The molecule has 0 aliphatic rings. The lowest BCUT2D eigenvalue weighted by atomic mass is 10.2. The van der Waals surface area contributed by atoms with Gasteiger partial charge in [-0.1, -0.05) is 31.9 Å². The van der Waals surface area contributed by atoms with Gasteiger partial charge in [-0.3, -0.25) is 0 Å². The molecule has 4 heteroatoms. The van der Waals surface area contributed by atoms with Gasteiger partial charge in [0.1, 0.15) is 0 Å². The Hall–Kier alpha value is -1.26. The van der Waals surface area contributed by atoms with E-state index in [0.717, 1.165) is 25.8 Å². The second kappa shape index (κ2) is 4.78. The first kappa shape index (κ1) is 11.8. The smallest absolute Gasteiger partial charge is 0.0641 e. The molecule has 0 aliphatic heterocycles. The molecule has 2 aromatic carbocycles. The molecule has 1 aromatic heterocycles. The monoisotopic (exact) mass is 364 g/mol. The number of nitrogens with one attached hydrogen (secondary N) is 2. The molecule has 3 aromatic rings. The number of aromatic nitrogens is 1. The van der Waals surface area contributed by atoms with Crippen LogP contribution in [0.5, 0.6) is 0 Å². The first-order chi connectivity index (χ1) is 8.72. The summed E-state index contributed by atoms with van der Waals surface area (Å²) in [5.41, 5.74) is 3.27. The summed E-state index contributed by atoms with van der Waals surface area (Å²) in [6, 6.07) is 14.3. The molecule has 2 N–H and O–H groups in total. The van der Waals surface area contributed by atoms with Crippen LogP contribution in [0.3, 0.4) is 0 Å².